The number of fused-ring (bicyclic) bond motifs is 1. The molecule has 176 valence electrons. The van der Waals surface area contributed by atoms with Crippen molar-refractivity contribution >= 4 is 34.3 Å². The molecular formula is C23H21F3N6OS. The molecule has 4 rings (SSSR count). The van der Waals surface area contributed by atoms with Crippen LogP contribution in [-0.4, -0.2) is 31.8 Å². The number of rotatable bonds is 6. The minimum Gasteiger partial charge on any atom is -0.383 e. The van der Waals surface area contributed by atoms with E-state index in [9.17, 15) is 18.0 Å². The van der Waals surface area contributed by atoms with Gasteiger partial charge in [-0.25, -0.2) is 14.8 Å². The third-order valence-electron chi connectivity index (χ3n) is 4.98. The molecule has 0 saturated heterocycles. The van der Waals surface area contributed by atoms with Crippen molar-refractivity contribution in [3.63, 3.8) is 0 Å². The van der Waals surface area contributed by atoms with E-state index in [1.54, 1.807) is 18.2 Å². The van der Waals surface area contributed by atoms with Crippen LogP contribution in [0.15, 0.2) is 58.4 Å². The molecule has 2 aromatic carbocycles. The van der Waals surface area contributed by atoms with Gasteiger partial charge in [0.2, 0.25) is 0 Å². The van der Waals surface area contributed by atoms with Crippen molar-refractivity contribution in [1.29, 1.82) is 0 Å². The van der Waals surface area contributed by atoms with Crippen molar-refractivity contribution in [3.05, 3.63) is 64.7 Å². The van der Waals surface area contributed by atoms with Gasteiger partial charge >= 0.3 is 11.9 Å². The second kappa shape index (κ2) is 9.34. The Kier molecular flexibility index (Phi) is 6.47. The second-order valence-corrected chi connectivity index (χ2v) is 8.58. The lowest BCUT2D eigenvalue weighted by molar-refractivity contribution is -0.137. The van der Waals surface area contributed by atoms with E-state index >= 15 is 0 Å². The summed E-state index contributed by atoms with van der Waals surface area (Å²) in [5, 5.41) is 3.62. The van der Waals surface area contributed by atoms with Crippen LogP contribution in [0.4, 0.5) is 24.8 Å². The van der Waals surface area contributed by atoms with Crippen LogP contribution in [-0.2, 0) is 6.18 Å². The Labute approximate surface area is 197 Å². The van der Waals surface area contributed by atoms with Crippen molar-refractivity contribution in [1.82, 2.24) is 19.5 Å². The molecular weight excluding hydrogens is 465 g/mol. The fourth-order valence-corrected chi connectivity index (χ4v) is 4.29. The van der Waals surface area contributed by atoms with Gasteiger partial charge in [0.15, 0.2) is 5.82 Å². The number of nitrogens with zero attached hydrogens (tertiary/aromatic N) is 4. The Morgan fingerprint density at radius 1 is 1.06 bits per heavy atom. The summed E-state index contributed by atoms with van der Waals surface area (Å²) in [6.07, 6.45) is -2.95. The molecule has 3 N–H and O–H groups in total. The molecule has 0 amide bonds. The number of nitrogen functional groups attached to an aromatic ring is 1. The van der Waals surface area contributed by atoms with Gasteiger partial charge in [-0.3, -0.25) is 4.57 Å². The summed E-state index contributed by atoms with van der Waals surface area (Å²) in [7, 11) is 0. The molecule has 0 saturated carbocycles. The van der Waals surface area contributed by atoms with E-state index in [-0.39, 0.29) is 17.2 Å². The van der Waals surface area contributed by atoms with E-state index in [4.69, 9.17) is 5.73 Å². The topological polar surface area (TPSA) is 98.7 Å². The summed E-state index contributed by atoms with van der Waals surface area (Å²) < 4.78 is 41.3. The highest BCUT2D eigenvalue weighted by atomic mass is 32.2. The minimum atomic E-state index is -4.48. The molecule has 0 unspecified atom stereocenters. The minimum absolute atomic E-state index is 0.125. The molecule has 0 aliphatic heterocycles. The lowest BCUT2D eigenvalue weighted by Gasteiger charge is -2.15. The number of aromatic nitrogens is 4. The molecule has 7 nitrogen and oxygen atoms in total. The number of nitrogens with two attached hydrogens (primary N) is 1. The van der Waals surface area contributed by atoms with Gasteiger partial charge in [0.25, 0.3) is 0 Å². The van der Waals surface area contributed by atoms with Crippen LogP contribution >= 0.6 is 11.8 Å². The molecule has 0 atom stereocenters. The van der Waals surface area contributed by atoms with E-state index in [1.807, 2.05) is 13.8 Å². The third-order valence-corrected chi connectivity index (χ3v) is 5.92. The molecule has 0 aliphatic rings. The smallest absolute Gasteiger partial charge is 0.383 e. The lowest BCUT2D eigenvalue weighted by atomic mass is 10.1. The standard InChI is InChI=1S/C23H21F3N6OS/c1-3-28-20-15-7-5-13(23(24,25)26)11-17(15)29-21(31-20)16-8-6-14(12-18(16)34-4-2)32-10-9-19(27)30-22(32)33/h5-12H,3-4H2,1-2H3,(H2,27,30,33)(H,28,29,31). The molecule has 0 radical (unpaired) electrons. The van der Waals surface area contributed by atoms with Crippen molar-refractivity contribution in [2.75, 3.05) is 23.3 Å². The highest BCUT2D eigenvalue weighted by Gasteiger charge is 2.31. The number of nitrogens with one attached hydrogen (secondary N) is 1. The first-order chi connectivity index (χ1) is 16.2. The third kappa shape index (κ3) is 4.69. The predicted molar refractivity (Wildman–Crippen MR) is 128 cm³/mol. The Morgan fingerprint density at radius 3 is 2.53 bits per heavy atom. The first-order valence-electron chi connectivity index (χ1n) is 10.5. The zero-order chi connectivity index (χ0) is 24.5. The number of hydrogen-bond donors (Lipinski definition) is 2. The maximum atomic E-state index is 13.3. The number of halogens is 3. The summed E-state index contributed by atoms with van der Waals surface area (Å²) in [5.41, 5.74) is 5.69. The van der Waals surface area contributed by atoms with Crippen molar-refractivity contribution in [3.8, 4) is 17.1 Å². The molecule has 4 aromatic rings. The van der Waals surface area contributed by atoms with Crippen LogP contribution in [0.25, 0.3) is 28.0 Å². The van der Waals surface area contributed by atoms with Gasteiger partial charge in [-0.2, -0.15) is 18.2 Å². The molecule has 0 fully saturated rings. The Bertz CT molecular complexity index is 1420. The Hall–Kier alpha value is -3.60. The Balaban J connectivity index is 1.90. The average molecular weight is 487 g/mol. The first-order valence-corrected chi connectivity index (χ1v) is 11.5. The average Bonchev–Trinajstić information content (AvgIpc) is 2.78. The molecule has 0 spiro atoms. The van der Waals surface area contributed by atoms with E-state index in [2.05, 4.69) is 20.3 Å². The maximum Gasteiger partial charge on any atom is 0.416 e. The molecule has 2 heterocycles. The molecule has 0 aliphatic carbocycles. The van der Waals surface area contributed by atoms with Crippen LogP contribution in [0.1, 0.15) is 19.4 Å². The number of benzene rings is 2. The van der Waals surface area contributed by atoms with Crippen molar-refractivity contribution in [2.45, 2.75) is 24.9 Å². The van der Waals surface area contributed by atoms with E-state index in [0.717, 1.165) is 22.8 Å². The van der Waals surface area contributed by atoms with Crippen LogP contribution < -0.4 is 16.7 Å². The summed E-state index contributed by atoms with van der Waals surface area (Å²) in [4.78, 5) is 25.9. The van der Waals surface area contributed by atoms with Gasteiger partial charge in [0, 0.05) is 28.6 Å². The molecule has 34 heavy (non-hydrogen) atoms. The quantitative estimate of drug-likeness (QED) is 0.371. The molecule has 2 aromatic heterocycles. The van der Waals surface area contributed by atoms with Gasteiger partial charge in [-0.1, -0.05) is 6.92 Å². The monoisotopic (exact) mass is 486 g/mol. The van der Waals surface area contributed by atoms with Crippen molar-refractivity contribution < 1.29 is 13.2 Å². The molecule has 11 heteroatoms. The number of anilines is 2. The largest absolute Gasteiger partial charge is 0.416 e. The SMILES string of the molecule is CCNc1nc(-c2ccc(-n3ccc(N)nc3=O)cc2SCC)nc2cc(C(F)(F)F)ccc12. The van der Waals surface area contributed by atoms with Crippen LogP contribution in [0.2, 0.25) is 0 Å². The number of thioether (sulfide) groups is 1. The van der Waals surface area contributed by atoms with Gasteiger partial charge in [0.05, 0.1) is 16.8 Å². The van der Waals surface area contributed by atoms with Crippen molar-refractivity contribution in [2.24, 2.45) is 0 Å². The van der Waals surface area contributed by atoms with E-state index < -0.39 is 17.4 Å². The van der Waals surface area contributed by atoms with E-state index in [1.165, 1.54) is 34.7 Å². The first kappa shape index (κ1) is 23.6. The van der Waals surface area contributed by atoms with Crippen LogP contribution in [0, 0.1) is 0 Å². The zero-order valence-electron chi connectivity index (χ0n) is 18.3. The highest BCUT2D eigenvalue weighted by Crippen LogP contribution is 2.36. The second-order valence-electron chi connectivity index (χ2n) is 7.27. The zero-order valence-corrected chi connectivity index (χ0v) is 19.2. The maximum absolute atomic E-state index is 13.3. The fourth-order valence-electron chi connectivity index (χ4n) is 3.46. The molecule has 0 bridgehead atoms. The van der Waals surface area contributed by atoms with Crippen LogP contribution in [0.5, 0.6) is 0 Å². The van der Waals surface area contributed by atoms with E-state index in [0.29, 0.717) is 29.0 Å². The predicted octanol–water partition coefficient (Wildman–Crippen LogP) is 4.99. The summed E-state index contributed by atoms with van der Waals surface area (Å²) in [6, 6.07) is 10.2. The highest BCUT2D eigenvalue weighted by molar-refractivity contribution is 7.99. The lowest BCUT2D eigenvalue weighted by Crippen LogP contribution is -2.21. The van der Waals surface area contributed by atoms with Gasteiger partial charge in [-0.05, 0) is 55.1 Å². The van der Waals surface area contributed by atoms with Gasteiger partial charge in [0.1, 0.15) is 11.6 Å². The summed E-state index contributed by atoms with van der Waals surface area (Å²) >= 11 is 1.51. The fraction of sp³-hybridized carbons (Fsp3) is 0.217. The van der Waals surface area contributed by atoms with Crippen LogP contribution in [0.3, 0.4) is 0 Å². The number of alkyl halides is 3. The summed E-state index contributed by atoms with van der Waals surface area (Å²) in [5.74, 6) is 1.58. The summed E-state index contributed by atoms with van der Waals surface area (Å²) in [6.45, 7) is 4.39. The Morgan fingerprint density at radius 2 is 1.85 bits per heavy atom. The van der Waals surface area contributed by atoms with Gasteiger partial charge < -0.3 is 11.1 Å². The van der Waals surface area contributed by atoms with Gasteiger partial charge in [-0.15, -0.1) is 11.8 Å². The number of hydrogen-bond acceptors (Lipinski definition) is 7. The normalized spacial score (nSPS) is 11.7.